The average Bonchev–Trinajstić information content (AvgIpc) is 3.17. The van der Waals surface area contributed by atoms with E-state index in [1.165, 1.54) is 7.11 Å². The van der Waals surface area contributed by atoms with Gasteiger partial charge in [-0.05, 0) is 48.5 Å². The van der Waals surface area contributed by atoms with Crippen molar-refractivity contribution < 1.29 is 13.7 Å². The Labute approximate surface area is 175 Å². The molecule has 1 aromatic heterocycles. The number of benzene rings is 3. The minimum Gasteiger partial charge on any atom is -0.495 e. The first-order valence-corrected chi connectivity index (χ1v) is 10.3. The average molecular weight is 425 g/mol. The minimum absolute atomic E-state index is 0.239. The van der Waals surface area contributed by atoms with Crippen LogP contribution in [0.5, 0.6) is 5.75 Å². The van der Waals surface area contributed by atoms with E-state index in [1.807, 2.05) is 30.3 Å². The summed E-state index contributed by atoms with van der Waals surface area (Å²) in [5.74, 6) is 0.247. The summed E-state index contributed by atoms with van der Waals surface area (Å²) in [6.45, 7) is 0. The number of carbonyl (C=O) groups is 1. The molecule has 1 heterocycles. The Morgan fingerprint density at radius 3 is 2.59 bits per heavy atom. The number of amides is 1. The van der Waals surface area contributed by atoms with Crippen LogP contribution in [-0.4, -0.2) is 22.2 Å². The zero-order valence-electron chi connectivity index (χ0n) is 15.4. The largest absolute Gasteiger partial charge is 0.495 e. The smallest absolute Gasteiger partial charge is 0.255 e. The van der Waals surface area contributed by atoms with E-state index in [1.54, 1.807) is 42.6 Å². The van der Waals surface area contributed by atoms with E-state index in [9.17, 15) is 9.00 Å². The highest BCUT2D eigenvalue weighted by molar-refractivity contribution is 7.85. The summed E-state index contributed by atoms with van der Waals surface area (Å²) in [6.07, 6.45) is 1.68. The molecule has 0 radical (unpaired) electrons. The van der Waals surface area contributed by atoms with Gasteiger partial charge in [0, 0.05) is 33.4 Å². The lowest BCUT2D eigenvalue weighted by molar-refractivity contribution is 0.102. The predicted molar refractivity (Wildman–Crippen MR) is 115 cm³/mol. The van der Waals surface area contributed by atoms with Gasteiger partial charge in [0.15, 0.2) is 0 Å². The van der Waals surface area contributed by atoms with Crippen LogP contribution in [0.2, 0.25) is 5.02 Å². The molecule has 1 atom stereocenters. The lowest BCUT2D eigenvalue weighted by Gasteiger charge is -2.09. The number of H-pyrrole nitrogens is 1. The maximum Gasteiger partial charge on any atom is 0.255 e. The summed E-state index contributed by atoms with van der Waals surface area (Å²) >= 11 is 6.09. The van der Waals surface area contributed by atoms with Crippen LogP contribution in [-0.2, 0) is 10.8 Å². The molecule has 0 fully saturated rings. The zero-order chi connectivity index (χ0) is 20.4. The number of anilines is 1. The number of aromatic amines is 1. The van der Waals surface area contributed by atoms with Crippen molar-refractivity contribution in [2.45, 2.75) is 9.79 Å². The maximum absolute atomic E-state index is 13.3. The summed E-state index contributed by atoms with van der Waals surface area (Å²) < 4.78 is 18.6. The van der Waals surface area contributed by atoms with Gasteiger partial charge >= 0.3 is 0 Å². The molecule has 146 valence electrons. The van der Waals surface area contributed by atoms with Gasteiger partial charge in [0.25, 0.3) is 5.91 Å². The fourth-order valence-electron chi connectivity index (χ4n) is 3.03. The first kappa shape index (κ1) is 19.2. The van der Waals surface area contributed by atoms with E-state index in [2.05, 4.69) is 10.3 Å². The molecule has 29 heavy (non-hydrogen) atoms. The van der Waals surface area contributed by atoms with Gasteiger partial charge in [0.05, 0.1) is 27.7 Å². The summed E-state index contributed by atoms with van der Waals surface area (Å²) in [7, 11) is -0.0248. The molecule has 0 spiro atoms. The number of ether oxygens (including phenoxy) is 1. The van der Waals surface area contributed by atoms with Gasteiger partial charge in [-0.2, -0.15) is 0 Å². The van der Waals surface area contributed by atoms with Crippen LogP contribution in [0.1, 0.15) is 10.4 Å². The topological polar surface area (TPSA) is 71.2 Å². The lowest BCUT2D eigenvalue weighted by Crippen LogP contribution is -2.11. The number of aromatic nitrogens is 1. The Morgan fingerprint density at radius 1 is 1.03 bits per heavy atom. The first-order chi connectivity index (χ1) is 14.1. The Kier molecular flexibility index (Phi) is 5.38. The minimum atomic E-state index is -1.54. The molecule has 5 nitrogen and oxygen atoms in total. The van der Waals surface area contributed by atoms with E-state index < -0.39 is 10.8 Å². The number of halogens is 1. The highest BCUT2D eigenvalue weighted by Crippen LogP contribution is 2.32. The van der Waals surface area contributed by atoms with Gasteiger partial charge in [-0.25, -0.2) is 4.21 Å². The molecule has 3 aromatic carbocycles. The lowest BCUT2D eigenvalue weighted by atomic mass is 10.1. The van der Waals surface area contributed by atoms with Crippen LogP contribution in [0.4, 0.5) is 5.69 Å². The fourth-order valence-corrected chi connectivity index (χ4v) is 4.60. The van der Waals surface area contributed by atoms with E-state index in [4.69, 9.17) is 16.3 Å². The van der Waals surface area contributed by atoms with Crippen LogP contribution in [0.25, 0.3) is 10.9 Å². The molecule has 0 aliphatic heterocycles. The molecule has 4 rings (SSSR count). The number of nitrogens with one attached hydrogen (secondary N) is 2. The molecule has 0 saturated heterocycles. The van der Waals surface area contributed by atoms with E-state index in [0.29, 0.717) is 37.2 Å². The monoisotopic (exact) mass is 424 g/mol. The number of hydrogen-bond acceptors (Lipinski definition) is 3. The molecule has 7 heteroatoms. The van der Waals surface area contributed by atoms with Crippen LogP contribution < -0.4 is 10.1 Å². The van der Waals surface area contributed by atoms with E-state index >= 15 is 0 Å². The van der Waals surface area contributed by atoms with E-state index in [0.717, 1.165) is 5.52 Å². The highest BCUT2D eigenvalue weighted by Gasteiger charge is 2.18. The second-order valence-corrected chi connectivity index (χ2v) is 8.15. The van der Waals surface area contributed by atoms with Crippen LogP contribution in [0, 0.1) is 0 Å². The number of para-hydroxylation sites is 1. The highest BCUT2D eigenvalue weighted by atomic mass is 35.5. The number of carbonyl (C=O) groups excluding carboxylic acids is 1. The van der Waals surface area contributed by atoms with Gasteiger partial charge in [-0.15, -0.1) is 0 Å². The van der Waals surface area contributed by atoms with Gasteiger partial charge in [-0.1, -0.05) is 29.8 Å². The fraction of sp³-hybridized carbons (Fsp3) is 0.0455. The van der Waals surface area contributed by atoms with Gasteiger partial charge in [0.2, 0.25) is 0 Å². The normalized spacial score (nSPS) is 11.9. The first-order valence-electron chi connectivity index (χ1n) is 8.79. The third-order valence-corrected chi connectivity index (χ3v) is 6.15. The second-order valence-electron chi connectivity index (χ2n) is 6.30. The SMILES string of the molecule is COc1ccc(Cl)cc1S(=O)c1c[nH]c2ccc(C(=O)Nc3ccccc3)cc12. The predicted octanol–water partition coefficient (Wildman–Crippen LogP) is 5.25. The molecule has 0 bridgehead atoms. The molecular formula is C22H17ClN2O3S. The summed E-state index contributed by atoms with van der Waals surface area (Å²) in [4.78, 5) is 16.8. The van der Waals surface area contributed by atoms with Crippen molar-refractivity contribution in [2.24, 2.45) is 0 Å². The molecule has 2 N–H and O–H groups in total. The van der Waals surface area contributed by atoms with Crippen LogP contribution in [0.15, 0.2) is 82.7 Å². The van der Waals surface area contributed by atoms with Gasteiger partial charge in [-0.3, -0.25) is 4.79 Å². The van der Waals surface area contributed by atoms with Crippen molar-refractivity contribution in [2.75, 3.05) is 12.4 Å². The molecule has 0 saturated carbocycles. The van der Waals surface area contributed by atoms with Crippen LogP contribution >= 0.6 is 11.6 Å². The summed E-state index contributed by atoms with van der Waals surface area (Å²) in [5, 5.41) is 4.03. The standard InChI is InChI=1S/C22H17ClN2O3S/c1-28-19-10-8-15(23)12-20(19)29(27)21-13-24-18-9-7-14(11-17(18)21)22(26)25-16-5-3-2-4-6-16/h2-13,24H,1H3,(H,25,26). The molecule has 1 unspecified atom stereocenters. The van der Waals surface area contributed by atoms with Crippen molar-refractivity contribution in [1.29, 1.82) is 0 Å². The Balaban J connectivity index is 1.72. The number of rotatable bonds is 5. The van der Waals surface area contributed by atoms with Gasteiger partial charge < -0.3 is 15.0 Å². The van der Waals surface area contributed by atoms with Crippen molar-refractivity contribution in [3.63, 3.8) is 0 Å². The van der Waals surface area contributed by atoms with Crippen molar-refractivity contribution in [1.82, 2.24) is 4.98 Å². The summed E-state index contributed by atoms with van der Waals surface area (Å²) in [5.41, 5.74) is 1.96. The molecule has 0 aliphatic rings. The molecule has 1 amide bonds. The van der Waals surface area contributed by atoms with Crippen molar-refractivity contribution in [3.8, 4) is 5.75 Å². The number of fused-ring (bicyclic) bond motifs is 1. The zero-order valence-corrected chi connectivity index (χ0v) is 17.0. The third-order valence-electron chi connectivity index (χ3n) is 4.46. The molecular weight excluding hydrogens is 408 g/mol. The van der Waals surface area contributed by atoms with E-state index in [-0.39, 0.29) is 5.91 Å². The van der Waals surface area contributed by atoms with Crippen molar-refractivity contribution in [3.05, 3.63) is 83.5 Å². The van der Waals surface area contributed by atoms with Crippen LogP contribution in [0.3, 0.4) is 0 Å². The number of methoxy groups -OCH3 is 1. The summed E-state index contributed by atoms with van der Waals surface area (Å²) in [6, 6.07) is 19.5. The third kappa shape index (κ3) is 3.90. The van der Waals surface area contributed by atoms with Crippen molar-refractivity contribution >= 4 is 44.9 Å². The Bertz CT molecular complexity index is 1220. The Morgan fingerprint density at radius 2 is 1.83 bits per heavy atom. The molecule has 4 aromatic rings. The Hall–Kier alpha value is -3.09. The second kappa shape index (κ2) is 8.11. The number of hydrogen-bond donors (Lipinski definition) is 2. The quantitative estimate of drug-likeness (QED) is 0.459. The maximum atomic E-state index is 13.3. The molecule has 0 aliphatic carbocycles. The van der Waals surface area contributed by atoms with Gasteiger partial charge in [0.1, 0.15) is 5.75 Å².